The third kappa shape index (κ3) is 2.84. The highest BCUT2D eigenvalue weighted by Gasteiger charge is 2.06. The van der Waals surface area contributed by atoms with Crippen LogP contribution in [0.5, 0.6) is 0 Å². The molecule has 0 spiro atoms. The number of hydrogen-bond acceptors (Lipinski definition) is 3. The van der Waals surface area contributed by atoms with Crippen molar-refractivity contribution in [2.45, 2.75) is 6.42 Å². The fourth-order valence-electron chi connectivity index (χ4n) is 1.56. The molecular formula is C12H9FN2O2. The first-order valence-corrected chi connectivity index (χ1v) is 4.93. The number of aliphatic carboxylic acids is 1. The number of nitrogens with zero attached hydrogens (tertiary/aromatic N) is 2. The normalized spacial score (nSPS) is 10.2. The third-order valence-electron chi connectivity index (χ3n) is 2.23. The van der Waals surface area contributed by atoms with Gasteiger partial charge in [0.15, 0.2) is 0 Å². The Morgan fingerprint density at radius 2 is 2.06 bits per heavy atom. The monoisotopic (exact) mass is 232 g/mol. The summed E-state index contributed by atoms with van der Waals surface area (Å²) >= 11 is 0. The molecular weight excluding hydrogens is 223 g/mol. The molecule has 0 aliphatic rings. The van der Waals surface area contributed by atoms with Crippen molar-refractivity contribution in [2.75, 3.05) is 0 Å². The van der Waals surface area contributed by atoms with Gasteiger partial charge in [-0.2, -0.15) is 10.2 Å². The second kappa shape index (κ2) is 4.69. The molecule has 0 atom stereocenters. The van der Waals surface area contributed by atoms with E-state index in [9.17, 15) is 9.18 Å². The quantitative estimate of drug-likeness (QED) is 0.877. The first kappa shape index (κ1) is 11.2. The van der Waals surface area contributed by atoms with Crippen LogP contribution in [-0.4, -0.2) is 21.3 Å². The molecule has 86 valence electrons. The number of benzene rings is 1. The number of carboxylic acids is 1. The lowest BCUT2D eigenvalue weighted by molar-refractivity contribution is -0.136. The molecule has 0 saturated heterocycles. The van der Waals surface area contributed by atoms with Crippen LogP contribution in [-0.2, 0) is 11.2 Å². The average molecular weight is 232 g/mol. The molecule has 1 aromatic carbocycles. The van der Waals surface area contributed by atoms with E-state index in [1.165, 1.54) is 24.5 Å². The number of hydrogen-bond donors (Lipinski definition) is 1. The standard InChI is InChI=1S/C12H9FN2O2/c13-11-4-8(5-12(16)17)3-10(6-11)9-1-2-14-15-7-9/h1-4,6-7H,5H2,(H,16,17). The van der Waals surface area contributed by atoms with Gasteiger partial charge in [0.05, 0.1) is 18.8 Å². The van der Waals surface area contributed by atoms with Crippen molar-refractivity contribution in [2.24, 2.45) is 0 Å². The van der Waals surface area contributed by atoms with Crippen LogP contribution in [0.15, 0.2) is 36.7 Å². The summed E-state index contributed by atoms with van der Waals surface area (Å²) in [5.74, 6) is -1.45. The zero-order chi connectivity index (χ0) is 12.3. The minimum Gasteiger partial charge on any atom is -0.481 e. The van der Waals surface area contributed by atoms with Crippen molar-refractivity contribution in [3.05, 3.63) is 48.0 Å². The third-order valence-corrected chi connectivity index (χ3v) is 2.23. The Bertz CT molecular complexity index is 543. The molecule has 0 fully saturated rings. The van der Waals surface area contributed by atoms with Gasteiger partial charge in [-0.15, -0.1) is 0 Å². The van der Waals surface area contributed by atoms with Crippen molar-refractivity contribution >= 4 is 5.97 Å². The van der Waals surface area contributed by atoms with Crippen molar-refractivity contribution in [3.63, 3.8) is 0 Å². The predicted molar refractivity (Wildman–Crippen MR) is 58.8 cm³/mol. The molecule has 0 radical (unpaired) electrons. The van der Waals surface area contributed by atoms with Gasteiger partial charge in [-0.1, -0.05) is 6.07 Å². The van der Waals surface area contributed by atoms with Crippen LogP contribution in [0, 0.1) is 5.82 Å². The molecule has 1 N–H and O–H groups in total. The van der Waals surface area contributed by atoms with E-state index in [-0.39, 0.29) is 6.42 Å². The highest BCUT2D eigenvalue weighted by atomic mass is 19.1. The highest BCUT2D eigenvalue weighted by molar-refractivity contribution is 5.72. The Kier molecular flexibility index (Phi) is 3.09. The molecule has 1 aromatic heterocycles. The van der Waals surface area contributed by atoms with Crippen molar-refractivity contribution in [3.8, 4) is 11.1 Å². The summed E-state index contributed by atoms with van der Waals surface area (Å²) in [7, 11) is 0. The summed E-state index contributed by atoms with van der Waals surface area (Å²) in [6, 6.07) is 5.87. The topological polar surface area (TPSA) is 63.1 Å². The summed E-state index contributed by atoms with van der Waals surface area (Å²) in [5, 5.41) is 16.0. The van der Waals surface area contributed by atoms with Gasteiger partial charge in [-0.3, -0.25) is 4.79 Å². The summed E-state index contributed by atoms with van der Waals surface area (Å²) in [4.78, 5) is 10.6. The van der Waals surface area contributed by atoms with E-state index in [0.29, 0.717) is 16.7 Å². The number of aromatic nitrogens is 2. The van der Waals surface area contributed by atoms with Gasteiger partial charge in [-0.05, 0) is 29.3 Å². The molecule has 0 bridgehead atoms. The molecule has 1 heterocycles. The predicted octanol–water partition coefficient (Wildman–Crippen LogP) is 1.91. The van der Waals surface area contributed by atoms with Gasteiger partial charge in [0.2, 0.25) is 0 Å². The number of carboxylic acid groups (broad SMARTS) is 1. The highest BCUT2D eigenvalue weighted by Crippen LogP contribution is 2.21. The molecule has 0 amide bonds. The maximum absolute atomic E-state index is 13.3. The molecule has 4 nitrogen and oxygen atoms in total. The number of carbonyl (C=O) groups is 1. The van der Waals surface area contributed by atoms with Crippen LogP contribution >= 0.6 is 0 Å². The zero-order valence-corrected chi connectivity index (χ0v) is 8.80. The van der Waals surface area contributed by atoms with Gasteiger partial charge in [0.1, 0.15) is 5.82 Å². The minimum absolute atomic E-state index is 0.205. The van der Waals surface area contributed by atoms with Gasteiger partial charge < -0.3 is 5.11 Å². The lowest BCUT2D eigenvalue weighted by atomic mass is 10.0. The molecule has 2 aromatic rings. The maximum atomic E-state index is 13.3. The van der Waals surface area contributed by atoms with Gasteiger partial charge in [0.25, 0.3) is 0 Å². The van der Waals surface area contributed by atoms with Crippen molar-refractivity contribution in [1.82, 2.24) is 10.2 Å². The Labute approximate surface area is 96.7 Å². The van der Waals surface area contributed by atoms with Gasteiger partial charge in [0, 0.05) is 5.56 Å². The van der Waals surface area contributed by atoms with E-state index in [1.54, 1.807) is 12.1 Å². The van der Waals surface area contributed by atoms with E-state index in [2.05, 4.69) is 10.2 Å². The molecule has 0 unspecified atom stereocenters. The summed E-state index contributed by atoms with van der Waals surface area (Å²) < 4.78 is 13.3. The number of rotatable bonds is 3. The van der Waals surface area contributed by atoms with Gasteiger partial charge >= 0.3 is 5.97 Å². The van der Waals surface area contributed by atoms with Crippen LogP contribution in [0.2, 0.25) is 0 Å². The summed E-state index contributed by atoms with van der Waals surface area (Å²) in [6.45, 7) is 0. The van der Waals surface area contributed by atoms with Crippen LogP contribution in [0.25, 0.3) is 11.1 Å². The Hall–Kier alpha value is -2.30. The van der Waals surface area contributed by atoms with E-state index >= 15 is 0 Å². The first-order chi connectivity index (χ1) is 8.15. The molecule has 2 rings (SSSR count). The molecule has 17 heavy (non-hydrogen) atoms. The van der Waals surface area contributed by atoms with Gasteiger partial charge in [-0.25, -0.2) is 4.39 Å². The van der Waals surface area contributed by atoms with Crippen LogP contribution < -0.4 is 0 Å². The van der Waals surface area contributed by atoms with E-state index in [1.807, 2.05) is 0 Å². The summed E-state index contributed by atoms with van der Waals surface area (Å²) in [6.07, 6.45) is 2.79. The first-order valence-electron chi connectivity index (χ1n) is 4.93. The fourth-order valence-corrected chi connectivity index (χ4v) is 1.56. The fraction of sp³-hybridized carbons (Fsp3) is 0.0833. The summed E-state index contributed by atoms with van der Waals surface area (Å²) in [5.41, 5.74) is 1.71. The molecule has 0 aliphatic carbocycles. The molecule has 0 aliphatic heterocycles. The molecule has 5 heteroatoms. The van der Waals surface area contributed by atoms with Crippen LogP contribution in [0.4, 0.5) is 4.39 Å². The van der Waals surface area contributed by atoms with Crippen molar-refractivity contribution < 1.29 is 14.3 Å². The second-order valence-corrected chi connectivity index (χ2v) is 3.55. The van der Waals surface area contributed by atoms with E-state index in [0.717, 1.165) is 0 Å². The Morgan fingerprint density at radius 1 is 1.24 bits per heavy atom. The Balaban J connectivity index is 2.42. The number of halogens is 1. The zero-order valence-electron chi connectivity index (χ0n) is 8.80. The second-order valence-electron chi connectivity index (χ2n) is 3.55. The van der Waals surface area contributed by atoms with E-state index in [4.69, 9.17) is 5.11 Å². The maximum Gasteiger partial charge on any atom is 0.307 e. The smallest absolute Gasteiger partial charge is 0.307 e. The van der Waals surface area contributed by atoms with Crippen molar-refractivity contribution in [1.29, 1.82) is 0 Å². The largest absolute Gasteiger partial charge is 0.481 e. The van der Waals surface area contributed by atoms with Crippen LogP contribution in [0.3, 0.4) is 0 Å². The van der Waals surface area contributed by atoms with E-state index < -0.39 is 11.8 Å². The minimum atomic E-state index is -0.991. The lowest BCUT2D eigenvalue weighted by Gasteiger charge is -2.04. The average Bonchev–Trinajstić information content (AvgIpc) is 2.28. The van der Waals surface area contributed by atoms with Crippen LogP contribution in [0.1, 0.15) is 5.56 Å². The lowest BCUT2D eigenvalue weighted by Crippen LogP contribution is -2.00. The SMILES string of the molecule is O=C(O)Cc1cc(F)cc(-c2ccnnc2)c1. The molecule has 0 saturated carbocycles. The Morgan fingerprint density at radius 3 is 2.71 bits per heavy atom.